The summed E-state index contributed by atoms with van der Waals surface area (Å²) in [4.78, 5) is 64.4. The van der Waals surface area contributed by atoms with E-state index in [4.69, 9.17) is 9.47 Å². The molecule has 1 fully saturated rings. The zero-order chi connectivity index (χ0) is 29.3. The lowest BCUT2D eigenvalue weighted by molar-refractivity contribution is -0.169. The van der Waals surface area contributed by atoms with Crippen molar-refractivity contribution < 1.29 is 38.6 Å². The number of hydrazine groups is 2. The summed E-state index contributed by atoms with van der Waals surface area (Å²) in [5.74, 6) is -2.10. The number of esters is 2. The lowest BCUT2D eigenvalue weighted by Gasteiger charge is -2.43. The van der Waals surface area contributed by atoms with Gasteiger partial charge in [-0.1, -0.05) is 48.5 Å². The van der Waals surface area contributed by atoms with Crippen LogP contribution < -0.4 is 5.43 Å². The van der Waals surface area contributed by atoms with Crippen molar-refractivity contribution in [2.24, 2.45) is 0 Å². The summed E-state index contributed by atoms with van der Waals surface area (Å²) < 4.78 is 10.7. The van der Waals surface area contributed by atoms with Gasteiger partial charge in [0.1, 0.15) is 12.2 Å². The third kappa shape index (κ3) is 8.45. The van der Waals surface area contributed by atoms with E-state index >= 15 is 0 Å². The number of carbonyl (C=O) groups is 5. The van der Waals surface area contributed by atoms with E-state index in [1.807, 2.05) is 6.07 Å². The van der Waals surface area contributed by atoms with Gasteiger partial charge in [-0.05, 0) is 51.3 Å². The standard InChI is InChI=1S/C28H34N4O8/c1-28(2,3)40-25(35)22-15-10-17-31(27(37)38)32(22)26(36)30(29-24(34)21-13-8-5-9-14-21)18-16-23(33)39-19-20-11-6-4-7-12-20/h4-9,11-14,22H,10,15-19H2,1-3H3,(H,29,34)(H,37,38). The van der Waals surface area contributed by atoms with Crippen LogP contribution in [0.1, 0.15) is 56.0 Å². The van der Waals surface area contributed by atoms with E-state index in [1.165, 1.54) is 12.1 Å². The Morgan fingerprint density at radius 1 is 1.00 bits per heavy atom. The van der Waals surface area contributed by atoms with Gasteiger partial charge in [-0.3, -0.25) is 15.0 Å². The molecule has 12 nitrogen and oxygen atoms in total. The predicted molar refractivity (Wildman–Crippen MR) is 142 cm³/mol. The average Bonchev–Trinajstić information content (AvgIpc) is 2.93. The van der Waals surface area contributed by atoms with Crippen molar-refractivity contribution in [3.63, 3.8) is 0 Å². The number of amides is 4. The van der Waals surface area contributed by atoms with Crippen LogP contribution in [0.2, 0.25) is 0 Å². The second kappa shape index (κ2) is 13.5. The van der Waals surface area contributed by atoms with Crippen molar-refractivity contribution in [2.45, 2.75) is 58.3 Å². The van der Waals surface area contributed by atoms with E-state index in [0.29, 0.717) is 6.42 Å². The van der Waals surface area contributed by atoms with E-state index < -0.39 is 41.6 Å². The SMILES string of the molecule is CC(C)(C)OC(=O)C1CCCN(C(=O)O)N1C(=O)N(CCC(=O)OCc1ccccc1)NC(=O)c1ccccc1. The largest absolute Gasteiger partial charge is 0.464 e. The third-order valence-electron chi connectivity index (χ3n) is 5.78. The Bertz CT molecular complexity index is 1200. The summed E-state index contributed by atoms with van der Waals surface area (Å²) >= 11 is 0. The van der Waals surface area contributed by atoms with Gasteiger partial charge in [0.15, 0.2) is 6.04 Å². The van der Waals surface area contributed by atoms with Gasteiger partial charge in [0.2, 0.25) is 0 Å². The molecule has 1 atom stereocenters. The highest BCUT2D eigenvalue weighted by Gasteiger charge is 2.44. The third-order valence-corrected chi connectivity index (χ3v) is 5.78. The molecule has 0 bridgehead atoms. The summed E-state index contributed by atoms with van der Waals surface area (Å²) in [6.07, 6.45) is -1.32. The fraction of sp³-hybridized carbons (Fsp3) is 0.393. The lowest BCUT2D eigenvalue weighted by Crippen LogP contribution is -2.65. The summed E-state index contributed by atoms with van der Waals surface area (Å²) in [5.41, 5.74) is 2.56. The number of rotatable bonds is 7. The van der Waals surface area contributed by atoms with Crippen LogP contribution in [-0.2, 0) is 25.7 Å². The van der Waals surface area contributed by atoms with Gasteiger partial charge in [0, 0.05) is 12.1 Å². The van der Waals surface area contributed by atoms with Gasteiger partial charge >= 0.3 is 24.1 Å². The fourth-order valence-electron chi connectivity index (χ4n) is 3.96. The number of benzene rings is 2. The quantitative estimate of drug-likeness (QED) is 0.390. The molecular formula is C28H34N4O8. The monoisotopic (exact) mass is 554 g/mol. The second-order valence-electron chi connectivity index (χ2n) is 10.1. The molecular weight excluding hydrogens is 520 g/mol. The van der Waals surface area contributed by atoms with E-state index in [2.05, 4.69) is 5.43 Å². The second-order valence-corrected chi connectivity index (χ2v) is 10.1. The molecule has 2 aromatic rings. The maximum atomic E-state index is 13.8. The minimum atomic E-state index is -1.46. The average molecular weight is 555 g/mol. The van der Waals surface area contributed by atoms with Crippen LogP contribution in [0.15, 0.2) is 60.7 Å². The molecule has 4 amide bonds. The van der Waals surface area contributed by atoms with Crippen LogP contribution in [0.25, 0.3) is 0 Å². The number of nitrogens with zero attached hydrogens (tertiary/aromatic N) is 3. The highest BCUT2D eigenvalue weighted by Crippen LogP contribution is 2.23. The Kier molecular flexibility index (Phi) is 10.1. The molecule has 3 rings (SSSR count). The number of carboxylic acid groups (broad SMARTS) is 1. The maximum Gasteiger partial charge on any atom is 0.426 e. The smallest absolute Gasteiger partial charge is 0.426 e. The zero-order valence-electron chi connectivity index (χ0n) is 22.7. The number of hydrogen-bond acceptors (Lipinski definition) is 7. The number of nitrogens with one attached hydrogen (secondary N) is 1. The van der Waals surface area contributed by atoms with Gasteiger partial charge in [-0.25, -0.2) is 29.4 Å². The maximum absolute atomic E-state index is 13.8. The Morgan fingerprint density at radius 3 is 2.23 bits per heavy atom. The van der Waals surface area contributed by atoms with E-state index in [0.717, 1.165) is 20.6 Å². The summed E-state index contributed by atoms with van der Waals surface area (Å²) in [7, 11) is 0. The molecule has 40 heavy (non-hydrogen) atoms. The van der Waals surface area contributed by atoms with E-state index in [9.17, 15) is 29.1 Å². The van der Waals surface area contributed by atoms with Crippen molar-refractivity contribution in [3.8, 4) is 0 Å². The Labute approximate surface area is 232 Å². The van der Waals surface area contributed by atoms with Gasteiger partial charge in [0.05, 0.1) is 13.0 Å². The van der Waals surface area contributed by atoms with E-state index in [-0.39, 0.29) is 38.1 Å². The van der Waals surface area contributed by atoms with Crippen molar-refractivity contribution in [1.82, 2.24) is 20.5 Å². The first-order chi connectivity index (χ1) is 19.0. The topological polar surface area (TPSA) is 146 Å². The van der Waals surface area contributed by atoms with Crippen LogP contribution >= 0.6 is 0 Å². The van der Waals surface area contributed by atoms with Gasteiger partial charge in [-0.2, -0.15) is 0 Å². The summed E-state index contributed by atoms with van der Waals surface area (Å²) in [5, 5.41) is 12.1. The minimum absolute atomic E-state index is 0.0175. The van der Waals surface area contributed by atoms with Crippen LogP contribution in [0.3, 0.4) is 0 Å². The highest BCUT2D eigenvalue weighted by atomic mass is 16.6. The van der Waals surface area contributed by atoms with Crippen LogP contribution in [-0.4, -0.2) is 74.8 Å². The van der Waals surface area contributed by atoms with E-state index in [1.54, 1.807) is 63.2 Å². The van der Waals surface area contributed by atoms with Gasteiger partial charge in [-0.15, -0.1) is 0 Å². The van der Waals surface area contributed by atoms with Crippen LogP contribution in [0.5, 0.6) is 0 Å². The molecule has 0 spiro atoms. The normalized spacial score (nSPS) is 15.1. The molecule has 0 aliphatic carbocycles. The number of ether oxygens (including phenoxy) is 2. The molecule has 1 heterocycles. The Morgan fingerprint density at radius 2 is 1.62 bits per heavy atom. The molecule has 0 radical (unpaired) electrons. The molecule has 1 aliphatic rings. The van der Waals surface area contributed by atoms with Crippen LogP contribution in [0.4, 0.5) is 9.59 Å². The molecule has 1 aliphatic heterocycles. The summed E-state index contributed by atoms with van der Waals surface area (Å²) in [6.45, 7) is 4.58. The van der Waals surface area contributed by atoms with Gasteiger partial charge < -0.3 is 14.6 Å². The number of urea groups is 1. The molecule has 2 aromatic carbocycles. The molecule has 1 unspecified atom stereocenters. The van der Waals surface area contributed by atoms with Crippen molar-refractivity contribution in [3.05, 3.63) is 71.8 Å². The highest BCUT2D eigenvalue weighted by molar-refractivity contribution is 5.95. The molecule has 0 saturated carbocycles. The Balaban J connectivity index is 1.83. The van der Waals surface area contributed by atoms with Crippen LogP contribution in [0, 0.1) is 0 Å². The lowest BCUT2D eigenvalue weighted by atomic mass is 10.1. The van der Waals surface area contributed by atoms with Crippen molar-refractivity contribution in [2.75, 3.05) is 13.1 Å². The molecule has 0 aromatic heterocycles. The summed E-state index contributed by atoms with van der Waals surface area (Å²) in [6, 6.07) is 14.8. The first-order valence-electron chi connectivity index (χ1n) is 12.9. The first kappa shape index (κ1) is 29.9. The molecule has 12 heteroatoms. The van der Waals surface area contributed by atoms with Crippen molar-refractivity contribution >= 4 is 30.0 Å². The molecule has 214 valence electrons. The van der Waals surface area contributed by atoms with Gasteiger partial charge in [0.25, 0.3) is 5.91 Å². The minimum Gasteiger partial charge on any atom is -0.464 e. The fourth-order valence-corrected chi connectivity index (χ4v) is 3.96. The number of hydrogen-bond donors (Lipinski definition) is 2. The first-order valence-corrected chi connectivity index (χ1v) is 12.9. The zero-order valence-corrected chi connectivity index (χ0v) is 22.7. The number of carbonyl (C=O) groups excluding carboxylic acids is 4. The van der Waals surface area contributed by atoms with Crippen molar-refractivity contribution in [1.29, 1.82) is 0 Å². The molecule has 1 saturated heterocycles. The molecule has 2 N–H and O–H groups in total. The Hall–Kier alpha value is -4.61. The predicted octanol–water partition coefficient (Wildman–Crippen LogP) is 3.59.